The van der Waals surface area contributed by atoms with Crippen LogP contribution in [0.3, 0.4) is 0 Å². The minimum Gasteiger partial charge on any atom is -0.481 e. The van der Waals surface area contributed by atoms with E-state index in [0.29, 0.717) is 11.9 Å². The van der Waals surface area contributed by atoms with Crippen molar-refractivity contribution in [1.82, 2.24) is 10.3 Å². The van der Waals surface area contributed by atoms with Crippen LogP contribution >= 0.6 is 0 Å². The maximum atomic E-state index is 5.18. The van der Waals surface area contributed by atoms with Crippen LogP contribution in [0.15, 0.2) is 18.3 Å². The Labute approximate surface area is 97.0 Å². The van der Waals surface area contributed by atoms with Crippen molar-refractivity contribution in [3.05, 3.63) is 23.9 Å². The summed E-state index contributed by atoms with van der Waals surface area (Å²) in [5.41, 5.74) is 1.08. The second kappa shape index (κ2) is 7.19. The lowest BCUT2D eigenvalue weighted by atomic mass is 10.2. The second-order valence-corrected chi connectivity index (χ2v) is 3.74. The smallest absolute Gasteiger partial charge is 0.217 e. The van der Waals surface area contributed by atoms with Gasteiger partial charge in [-0.05, 0) is 19.4 Å². The molecule has 0 saturated heterocycles. The van der Waals surface area contributed by atoms with E-state index >= 15 is 0 Å². The molecule has 0 spiro atoms. The Morgan fingerprint density at radius 3 is 2.94 bits per heavy atom. The summed E-state index contributed by atoms with van der Waals surface area (Å²) in [6.45, 7) is 3.68. The minimum atomic E-state index is 0.421. The second-order valence-electron chi connectivity index (χ2n) is 3.74. The Hall–Kier alpha value is -1.13. The van der Waals surface area contributed by atoms with E-state index in [1.165, 1.54) is 0 Å². The summed E-state index contributed by atoms with van der Waals surface area (Å²) in [5.74, 6) is 0.689. The van der Waals surface area contributed by atoms with Gasteiger partial charge in [-0.2, -0.15) is 0 Å². The number of methoxy groups -OCH3 is 2. The first kappa shape index (κ1) is 12.9. The third kappa shape index (κ3) is 4.16. The van der Waals surface area contributed by atoms with Gasteiger partial charge in [0.15, 0.2) is 0 Å². The van der Waals surface area contributed by atoms with Gasteiger partial charge in [-0.1, -0.05) is 6.07 Å². The number of nitrogens with zero attached hydrogens (tertiary/aromatic N) is 1. The summed E-state index contributed by atoms with van der Waals surface area (Å²) in [6, 6.07) is 4.35. The van der Waals surface area contributed by atoms with Crippen LogP contribution in [0.4, 0.5) is 0 Å². The fourth-order valence-corrected chi connectivity index (χ4v) is 1.42. The standard InChI is InChI=1S/C12H20N2O2/c1-10(6-8-15-2)14-9-11-5-4-7-13-12(11)16-3/h4-5,7,10,14H,6,8-9H2,1-3H3. The summed E-state index contributed by atoms with van der Waals surface area (Å²) in [4.78, 5) is 4.15. The van der Waals surface area contributed by atoms with Crippen LogP contribution in [0, 0.1) is 0 Å². The number of aromatic nitrogens is 1. The van der Waals surface area contributed by atoms with Crippen molar-refractivity contribution in [2.45, 2.75) is 25.9 Å². The molecule has 16 heavy (non-hydrogen) atoms. The van der Waals surface area contributed by atoms with Crippen molar-refractivity contribution >= 4 is 0 Å². The first-order chi connectivity index (χ1) is 7.77. The van der Waals surface area contributed by atoms with E-state index in [0.717, 1.165) is 25.1 Å². The Kier molecular flexibility index (Phi) is 5.82. The van der Waals surface area contributed by atoms with Crippen LogP contribution in [-0.4, -0.2) is 31.9 Å². The van der Waals surface area contributed by atoms with Gasteiger partial charge >= 0.3 is 0 Å². The molecular weight excluding hydrogens is 204 g/mol. The molecule has 1 unspecified atom stereocenters. The van der Waals surface area contributed by atoms with Crippen molar-refractivity contribution in [3.8, 4) is 5.88 Å². The van der Waals surface area contributed by atoms with E-state index in [1.807, 2.05) is 12.1 Å². The van der Waals surface area contributed by atoms with E-state index in [4.69, 9.17) is 9.47 Å². The van der Waals surface area contributed by atoms with Crippen molar-refractivity contribution in [3.63, 3.8) is 0 Å². The highest BCUT2D eigenvalue weighted by Gasteiger charge is 2.05. The average molecular weight is 224 g/mol. The maximum Gasteiger partial charge on any atom is 0.217 e. The van der Waals surface area contributed by atoms with Crippen LogP contribution in [-0.2, 0) is 11.3 Å². The lowest BCUT2D eigenvalue weighted by Crippen LogP contribution is -2.26. The molecule has 0 aliphatic rings. The summed E-state index contributed by atoms with van der Waals surface area (Å²) in [5, 5.41) is 3.41. The number of ether oxygens (including phenoxy) is 2. The van der Waals surface area contributed by atoms with E-state index in [2.05, 4.69) is 17.2 Å². The number of rotatable bonds is 7. The summed E-state index contributed by atoms with van der Waals surface area (Å²) < 4.78 is 10.2. The first-order valence-corrected chi connectivity index (χ1v) is 5.48. The van der Waals surface area contributed by atoms with Gasteiger partial charge in [0.1, 0.15) is 0 Å². The average Bonchev–Trinajstić information content (AvgIpc) is 2.34. The fraction of sp³-hybridized carbons (Fsp3) is 0.583. The van der Waals surface area contributed by atoms with Crippen molar-refractivity contribution in [2.75, 3.05) is 20.8 Å². The molecule has 1 aromatic rings. The molecule has 0 aliphatic heterocycles. The van der Waals surface area contributed by atoms with E-state index in [9.17, 15) is 0 Å². The summed E-state index contributed by atoms with van der Waals surface area (Å²) in [7, 11) is 3.36. The number of pyridine rings is 1. The molecule has 90 valence electrons. The molecule has 0 aliphatic carbocycles. The number of hydrogen-bond acceptors (Lipinski definition) is 4. The molecule has 4 heteroatoms. The highest BCUT2D eigenvalue weighted by atomic mass is 16.5. The SMILES string of the molecule is COCCC(C)NCc1cccnc1OC. The van der Waals surface area contributed by atoms with Gasteiger partial charge in [-0.25, -0.2) is 4.98 Å². The molecule has 4 nitrogen and oxygen atoms in total. The molecule has 0 fully saturated rings. The molecular formula is C12H20N2O2. The van der Waals surface area contributed by atoms with E-state index in [-0.39, 0.29) is 0 Å². The third-order valence-electron chi connectivity index (χ3n) is 2.44. The molecule has 1 heterocycles. The van der Waals surface area contributed by atoms with Gasteiger partial charge in [0.2, 0.25) is 5.88 Å². The number of nitrogens with one attached hydrogen (secondary N) is 1. The largest absolute Gasteiger partial charge is 0.481 e. The molecule has 0 aromatic carbocycles. The Morgan fingerprint density at radius 1 is 1.44 bits per heavy atom. The summed E-state index contributed by atoms with van der Waals surface area (Å²) >= 11 is 0. The Balaban J connectivity index is 2.41. The normalized spacial score (nSPS) is 12.4. The quantitative estimate of drug-likeness (QED) is 0.764. The Morgan fingerprint density at radius 2 is 2.25 bits per heavy atom. The monoisotopic (exact) mass is 224 g/mol. The predicted octanol–water partition coefficient (Wildman–Crippen LogP) is 1.60. The third-order valence-corrected chi connectivity index (χ3v) is 2.44. The van der Waals surface area contributed by atoms with E-state index < -0.39 is 0 Å². The van der Waals surface area contributed by atoms with Crippen molar-refractivity contribution < 1.29 is 9.47 Å². The van der Waals surface area contributed by atoms with Crippen LogP contribution in [0.25, 0.3) is 0 Å². The molecule has 0 saturated carbocycles. The molecule has 1 atom stereocenters. The number of hydrogen-bond donors (Lipinski definition) is 1. The molecule has 0 amide bonds. The first-order valence-electron chi connectivity index (χ1n) is 5.48. The van der Waals surface area contributed by atoms with Crippen molar-refractivity contribution in [1.29, 1.82) is 0 Å². The minimum absolute atomic E-state index is 0.421. The van der Waals surface area contributed by atoms with Gasteiger partial charge in [-0.3, -0.25) is 0 Å². The van der Waals surface area contributed by atoms with Crippen molar-refractivity contribution in [2.24, 2.45) is 0 Å². The van der Waals surface area contributed by atoms with Gasteiger partial charge < -0.3 is 14.8 Å². The topological polar surface area (TPSA) is 43.4 Å². The van der Waals surface area contributed by atoms with Crippen LogP contribution in [0.5, 0.6) is 5.88 Å². The zero-order chi connectivity index (χ0) is 11.8. The zero-order valence-electron chi connectivity index (χ0n) is 10.2. The molecule has 0 radical (unpaired) electrons. The molecule has 1 N–H and O–H groups in total. The van der Waals surface area contributed by atoms with Gasteiger partial charge in [0, 0.05) is 38.1 Å². The lowest BCUT2D eigenvalue weighted by Gasteiger charge is -2.14. The van der Waals surface area contributed by atoms with Gasteiger partial charge in [0.05, 0.1) is 7.11 Å². The predicted molar refractivity (Wildman–Crippen MR) is 63.6 cm³/mol. The fourth-order valence-electron chi connectivity index (χ4n) is 1.42. The highest BCUT2D eigenvalue weighted by molar-refractivity contribution is 5.25. The molecule has 0 bridgehead atoms. The van der Waals surface area contributed by atoms with Crippen LogP contribution in [0.2, 0.25) is 0 Å². The van der Waals surface area contributed by atoms with Crippen LogP contribution < -0.4 is 10.1 Å². The van der Waals surface area contributed by atoms with E-state index in [1.54, 1.807) is 20.4 Å². The molecule has 1 rings (SSSR count). The zero-order valence-corrected chi connectivity index (χ0v) is 10.2. The molecule has 1 aromatic heterocycles. The maximum absolute atomic E-state index is 5.18. The lowest BCUT2D eigenvalue weighted by molar-refractivity contribution is 0.184. The summed E-state index contributed by atoms with van der Waals surface area (Å²) in [6.07, 6.45) is 2.73. The Bertz CT molecular complexity index is 305. The highest BCUT2D eigenvalue weighted by Crippen LogP contribution is 2.13. The van der Waals surface area contributed by atoms with Gasteiger partial charge in [-0.15, -0.1) is 0 Å². The van der Waals surface area contributed by atoms with Crippen LogP contribution in [0.1, 0.15) is 18.9 Å². The van der Waals surface area contributed by atoms with Gasteiger partial charge in [0.25, 0.3) is 0 Å².